The van der Waals surface area contributed by atoms with Crippen molar-refractivity contribution in [3.63, 3.8) is 0 Å². The third kappa shape index (κ3) is 1.08. The maximum Gasteiger partial charge on any atom is 0.269 e. The average Bonchev–Trinajstić information content (AvgIpc) is 2.60. The summed E-state index contributed by atoms with van der Waals surface area (Å²) in [4.78, 5) is 14.9. The van der Waals surface area contributed by atoms with Crippen LogP contribution in [0.2, 0.25) is 0 Å². The summed E-state index contributed by atoms with van der Waals surface area (Å²) in [6.07, 6.45) is 3.06. The van der Waals surface area contributed by atoms with E-state index in [0.717, 1.165) is 0 Å². The SMILES string of the molecule is COc1cncc2[nH]nc(C(N)=O)c12. The second-order valence-corrected chi connectivity index (χ2v) is 2.70. The van der Waals surface area contributed by atoms with Crippen LogP contribution in [-0.4, -0.2) is 28.2 Å². The molecular formula is C8H8N4O2. The summed E-state index contributed by atoms with van der Waals surface area (Å²) in [5.41, 5.74) is 5.94. The van der Waals surface area contributed by atoms with E-state index in [-0.39, 0.29) is 5.69 Å². The zero-order valence-electron chi connectivity index (χ0n) is 7.44. The molecule has 0 fully saturated rings. The van der Waals surface area contributed by atoms with Gasteiger partial charge in [-0.3, -0.25) is 14.9 Å². The van der Waals surface area contributed by atoms with E-state index in [0.29, 0.717) is 16.7 Å². The highest BCUT2D eigenvalue weighted by Crippen LogP contribution is 2.25. The van der Waals surface area contributed by atoms with Crippen LogP contribution in [0.1, 0.15) is 10.5 Å². The molecule has 0 aliphatic heterocycles. The highest BCUT2D eigenvalue weighted by molar-refractivity contribution is 6.05. The lowest BCUT2D eigenvalue weighted by atomic mass is 10.2. The van der Waals surface area contributed by atoms with Crippen LogP contribution in [0.5, 0.6) is 5.75 Å². The number of primary amides is 1. The Morgan fingerprint density at radius 2 is 2.36 bits per heavy atom. The number of aromatic nitrogens is 3. The largest absolute Gasteiger partial charge is 0.494 e. The standard InChI is InChI=1S/C8H8N4O2/c1-14-5-3-10-2-4-6(5)7(8(9)13)12-11-4/h2-3H,1H3,(H2,9,13)(H,11,12). The highest BCUT2D eigenvalue weighted by Gasteiger charge is 2.14. The minimum Gasteiger partial charge on any atom is -0.494 e. The predicted molar refractivity (Wildman–Crippen MR) is 49.0 cm³/mol. The molecule has 72 valence electrons. The monoisotopic (exact) mass is 192 g/mol. The van der Waals surface area contributed by atoms with Gasteiger partial charge in [-0.1, -0.05) is 0 Å². The van der Waals surface area contributed by atoms with Crippen LogP contribution in [0.4, 0.5) is 0 Å². The predicted octanol–water partition coefficient (Wildman–Crippen LogP) is 0.0654. The van der Waals surface area contributed by atoms with Gasteiger partial charge in [0.15, 0.2) is 5.69 Å². The van der Waals surface area contributed by atoms with Gasteiger partial charge in [-0.05, 0) is 0 Å². The number of methoxy groups -OCH3 is 1. The van der Waals surface area contributed by atoms with Crippen molar-refractivity contribution in [3.05, 3.63) is 18.1 Å². The molecule has 3 N–H and O–H groups in total. The molecule has 0 radical (unpaired) electrons. The molecule has 0 spiro atoms. The number of nitrogens with zero attached hydrogens (tertiary/aromatic N) is 2. The number of hydrogen-bond acceptors (Lipinski definition) is 4. The van der Waals surface area contributed by atoms with E-state index < -0.39 is 5.91 Å². The molecule has 0 bridgehead atoms. The third-order valence-electron chi connectivity index (χ3n) is 1.89. The smallest absolute Gasteiger partial charge is 0.269 e. The third-order valence-corrected chi connectivity index (χ3v) is 1.89. The van der Waals surface area contributed by atoms with Gasteiger partial charge < -0.3 is 10.5 Å². The molecule has 2 heterocycles. The summed E-state index contributed by atoms with van der Waals surface area (Å²) < 4.78 is 5.05. The number of carbonyl (C=O) groups is 1. The summed E-state index contributed by atoms with van der Waals surface area (Å²) in [7, 11) is 1.49. The number of nitrogens with one attached hydrogen (secondary N) is 1. The number of carbonyl (C=O) groups excluding carboxylic acids is 1. The molecule has 1 amide bonds. The van der Waals surface area contributed by atoms with E-state index in [1.165, 1.54) is 13.3 Å². The summed E-state index contributed by atoms with van der Waals surface area (Å²) in [6, 6.07) is 0. The summed E-state index contributed by atoms with van der Waals surface area (Å²) in [5, 5.41) is 7.00. The van der Waals surface area contributed by atoms with Gasteiger partial charge >= 0.3 is 0 Å². The second-order valence-electron chi connectivity index (χ2n) is 2.70. The normalized spacial score (nSPS) is 10.4. The molecule has 0 saturated carbocycles. The van der Waals surface area contributed by atoms with Crippen molar-refractivity contribution in [3.8, 4) is 5.75 Å². The molecule has 14 heavy (non-hydrogen) atoms. The maximum atomic E-state index is 11.0. The Kier molecular flexibility index (Phi) is 1.81. The van der Waals surface area contributed by atoms with Crippen molar-refractivity contribution in [1.82, 2.24) is 15.2 Å². The van der Waals surface area contributed by atoms with Gasteiger partial charge in [-0.2, -0.15) is 5.10 Å². The van der Waals surface area contributed by atoms with Gasteiger partial charge in [0.25, 0.3) is 5.91 Å². The van der Waals surface area contributed by atoms with Crippen molar-refractivity contribution in [2.24, 2.45) is 5.73 Å². The first-order valence-electron chi connectivity index (χ1n) is 3.90. The van der Waals surface area contributed by atoms with Crippen molar-refractivity contribution in [1.29, 1.82) is 0 Å². The van der Waals surface area contributed by atoms with Crippen molar-refractivity contribution >= 4 is 16.8 Å². The van der Waals surface area contributed by atoms with Gasteiger partial charge in [-0.15, -0.1) is 0 Å². The fourth-order valence-electron chi connectivity index (χ4n) is 1.28. The molecule has 0 saturated heterocycles. The van der Waals surface area contributed by atoms with Crippen LogP contribution in [0.25, 0.3) is 10.9 Å². The number of hydrogen-bond donors (Lipinski definition) is 2. The number of H-pyrrole nitrogens is 1. The lowest BCUT2D eigenvalue weighted by molar-refractivity contribution is 0.0997. The number of rotatable bonds is 2. The Morgan fingerprint density at radius 3 is 3.00 bits per heavy atom. The molecule has 0 atom stereocenters. The number of pyridine rings is 1. The Labute approximate surface area is 79.1 Å². The van der Waals surface area contributed by atoms with Gasteiger partial charge in [0.2, 0.25) is 0 Å². The summed E-state index contributed by atoms with van der Waals surface area (Å²) >= 11 is 0. The fraction of sp³-hybridized carbons (Fsp3) is 0.125. The minimum absolute atomic E-state index is 0.166. The fourth-order valence-corrected chi connectivity index (χ4v) is 1.28. The first kappa shape index (κ1) is 8.49. The minimum atomic E-state index is -0.597. The van der Waals surface area contributed by atoms with Crippen LogP contribution in [-0.2, 0) is 0 Å². The number of amides is 1. The first-order valence-corrected chi connectivity index (χ1v) is 3.90. The zero-order valence-corrected chi connectivity index (χ0v) is 7.44. The highest BCUT2D eigenvalue weighted by atomic mass is 16.5. The Balaban J connectivity index is 2.81. The van der Waals surface area contributed by atoms with E-state index in [2.05, 4.69) is 15.2 Å². The lowest BCUT2D eigenvalue weighted by Crippen LogP contribution is -2.12. The van der Waals surface area contributed by atoms with Gasteiger partial charge in [0, 0.05) is 0 Å². The van der Waals surface area contributed by atoms with E-state index in [9.17, 15) is 4.79 Å². The number of fused-ring (bicyclic) bond motifs is 1. The summed E-state index contributed by atoms with van der Waals surface area (Å²) in [5.74, 6) is -0.120. The second kappa shape index (κ2) is 2.99. The topological polar surface area (TPSA) is 93.9 Å². The van der Waals surface area contributed by atoms with E-state index in [1.807, 2.05) is 0 Å². The first-order chi connectivity index (χ1) is 6.74. The van der Waals surface area contributed by atoms with Crippen LogP contribution in [0, 0.1) is 0 Å². The molecule has 0 aliphatic rings. The Morgan fingerprint density at radius 1 is 1.57 bits per heavy atom. The molecule has 2 aromatic rings. The molecule has 2 rings (SSSR count). The molecular weight excluding hydrogens is 184 g/mol. The molecule has 0 unspecified atom stereocenters. The van der Waals surface area contributed by atoms with Crippen LogP contribution < -0.4 is 10.5 Å². The quantitative estimate of drug-likeness (QED) is 0.703. The molecule has 0 aliphatic carbocycles. The molecule has 6 heteroatoms. The molecule has 2 aromatic heterocycles. The van der Waals surface area contributed by atoms with Crippen LogP contribution >= 0.6 is 0 Å². The van der Waals surface area contributed by atoms with Crippen LogP contribution in [0.15, 0.2) is 12.4 Å². The van der Waals surface area contributed by atoms with Gasteiger partial charge in [-0.25, -0.2) is 0 Å². The number of ether oxygens (including phenoxy) is 1. The van der Waals surface area contributed by atoms with Crippen LogP contribution in [0.3, 0.4) is 0 Å². The van der Waals surface area contributed by atoms with Crippen molar-refractivity contribution < 1.29 is 9.53 Å². The zero-order chi connectivity index (χ0) is 10.1. The average molecular weight is 192 g/mol. The van der Waals surface area contributed by atoms with E-state index >= 15 is 0 Å². The molecule has 6 nitrogen and oxygen atoms in total. The van der Waals surface area contributed by atoms with E-state index in [4.69, 9.17) is 10.5 Å². The van der Waals surface area contributed by atoms with E-state index in [1.54, 1.807) is 6.20 Å². The van der Waals surface area contributed by atoms with Crippen molar-refractivity contribution in [2.45, 2.75) is 0 Å². The van der Waals surface area contributed by atoms with Gasteiger partial charge in [0.05, 0.1) is 30.4 Å². The maximum absolute atomic E-state index is 11.0. The lowest BCUT2D eigenvalue weighted by Gasteiger charge is -2.00. The summed E-state index contributed by atoms with van der Waals surface area (Å²) in [6.45, 7) is 0. The molecule has 0 aromatic carbocycles. The number of nitrogens with two attached hydrogens (primary N) is 1. The van der Waals surface area contributed by atoms with Crippen molar-refractivity contribution in [2.75, 3.05) is 7.11 Å². The Bertz CT molecular complexity index is 491. The Hall–Kier alpha value is -2.11. The van der Waals surface area contributed by atoms with Gasteiger partial charge in [0.1, 0.15) is 5.75 Å². The number of aromatic amines is 1.